The van der Waals surface area contributed by atoms with Crippen LogP contribution in [0.4, 0.5) is 5.95 Å². The monoisotopic (exact) mass is 215 g/mol. The highest BCUT2D eigenvalue weighted by Gasteiger charge is 2.10. The van der Waals surface area contributed by atoms with Crippen molar-refractivity contribution in [2.24, 2.45) is 0 Å². The van der Waals surface area contributed by atoms with Crippen LogP contribution in [0.3, 0.4) is 0 Å². The highest BCUT2D eigenvalue weighted by atomic mass is 32.1. The summed E-state index contributed by atoms with van der Waals surface area (Å²) in [4.78, 5) is 7.06. The van der Waals surface area contributed by atoms with Gasteiger partial charge in [-0.05, 0) is 5.56 Å². The van der Waals surface area contributed by atoms with Gasteiger partial charge < -0.3 is 0 Å². The fourth-order valence-electron chi connectivity index (χ4n) is 1.21. The van der Waals surface area contributed by atoms with E-state index in [2.05, 4.69) is 15.1 Å². The highest BCUT2D eigenvalue weighted by Crippen LogP contribution is 2.09. The Bertz CT molecular complexity index is 470. The van der Waals surface area contributed by atoms with Crippen molar-refractivity contribution in [2.75, 3.05) is 0 Å². The zero-order chi connectivity index (χ0) is 10.5. The molecular weight excluding hydrogens is 206 g/mol. The minimum absolute atomic E-state index is 0.661. The molecule has 1 radical (unpaired) electrons. The second-order valence-corrected chi connectivity index (χ2v) is 3.10. The first kappa shape index (κ1) is 9.77. The number of benzene rings is 1. The van der Waals surface area contributed by atoms with E-state index in [-0.39, 0.29) is 0 Å². The second kappa shape index (κ2) is 4.64. The van der Waals surface area contributed by atoms with Crippen LogP contribution in [0.2, 0.25) is 0 Å². The predicted molar refractivity (Wildman–Crippen MR) is 61.0 cm³/mol. The van der Waals surface area contributed by atoms with Crippen molar-refractivity contribution >= 4 is 23.3 Å². The molecule has 15 heavy (non-hydrogen) atoms. The fraction of sp³-hybridized carbons (Fsp3) is 0. The molecule has 1 aromatic heterocycles. The molecule has 3 nitrogen and oxygen atoms in total. The maximum atomic E-state index is 4.81. The number of hydrogen-bond donors (Lipinski definition) is 1. The SMILES string of the molecule is S=C=[N+]([CH]c1ccccc1)c1ncc[nH]1. The molecule has 0 amide bonds. The average Bonchev–Trinajstić information content (AvgIpc) is 2.81. The third-order valence-corrected chi connectivity index (χ3v) is 2.08. The van der Waals surface area contributed by atoms with E-state index in [0.29, 0.717) is 5.95 Å². The molecule has 1 aromatic carbocycles. The molecule has 0 unspecified atom stereocenters. The topological polar surface area (TPSA) is 31.7 Å². The minimum Gasteiger partial charge on any atom is -0.245 e. The first-order chi connectivity index (χ1) is 7.40. The molecule has 0 aliphatic carbocycles. The number of nitrogens with zero attached hydrogens (tertiary/aromatic N) is 2. The lowest BCUT2D eigenvalue weighted by Crippen LogP contribution is -2.02. The number of rotatable bonds is 3. The largest absolute Gasteiger partial charge is 0.405 e. The van der Waals surface area contributed by atoms with E-state index in [4.69, 9.17) is 12.2 Å². The molecule has 73 valence electrons. The molecule has 0 aliphatic rings. The van der Waals surface area contributed by atoms with E-state index in [1.165, 1.54) is 0 Å². The molecule has 0 fully saturated rings. The van der Waals surface area contributed by atoms with Gasteiger partial charge in [-0.15, -0.1) is 0 Å². The van der Waals surface area contributed by atoms with Gasteiger partial charge in [-0.2, -0.15) is 4.58 Å². The Labute approximate surface area is 93.1 Å². The van der Waals surface area contributed by atoms with Crippen molar-refractivity contribution in [1.82, 2.24) is 9.97 Å². The summed E-state index contributed by atoms with van der Waals surface area (Å²) in [7, 11) is 0. The Balaban J connectivity index is 2.22. The van der Waals surface area contributed by atoms with Gasteiger partial charge >= 0.3 is 5.95 Å². The molecule has 0 saturated carbocycles. The highest BCUT2D eigenvalue weighted by molar-refractivity contribution is 7.78. The molecule has 0 saturated heterocycles. The van der Waals surface area contributed by atoms with Gasteiger partial charge in [0, 0.05) is 12.2 Å². The summed E-state index contributed by atoms with van der Waals surface area (Å²) in [6.07, 6.45) is 3.42. The summed E-state index contributed by atoms with van der Waals surface area (Å²) in [6, 6.07) is 9.88. The standard InChI is InChI=1S/C11H9N3S/c15-9-14(11-12-6-7-13-11)8-10-4-2-1-3-5-10/h1-8H,(H,12,13)/q+1. The lowest BCUT2D eigenvalue weighted by molar-refractivity contribution is -0.387. The van der Waals surface area contributed by atoms with Crippen LogP contribution in [-0.4, -0.2) is 19.7 Å². The van der Waals surface area contributed by atoms with Crippen LogP contribution in [0.25, 0.3) is 0 Å². The van der Waals surface area contributed by atoms with Gasteiger partial charge in [0.25, 0.3) is 0 Å². The smallest absolute Gasteiger partial charge is 0.245 e. The van der Waals surface area contributed by atoms with E-state index in [0.717, 1.165) is 5.56 Å². The zero-order valence-electron chi connectivity index (χ0n) is 7.92. The van der Waals surface area contributed by atoms with E-state index in [9.17, 15) is 0 Å². The minimum atomic E-state index is 0.661. The van der Waals surface area contributed by atoms with Crippen LogP contribution in [0, 0.1) is 6.54 Å². The van der Waals surface area contributed by atoms with E-state index in [1.54, 1.807) is 17.0 Å². The lowest BCUT2D eigenvalue weighted by Gasteiger charge is -1.97. The summed E-state index contributed by atoms with van der Waals surface area (Å²) in [5.74, 6) is 0.661. The van der Waals surface area contributed by atoms with Crippen molar-refractivity contribution in [2.45, 2.75) is 0 Å². The molecule has 4 heteroatoms. The molecule has 0 aliphatic heterocycles. The molecule has 0 spiro atoms. The predicted octanol–water partition coefficient (Wildman–Crippen LogP) is 2.37. The number of nitrogens with one attached hydrogen (secondary N) is 1. The normalized spacial score (nSPS) is 9.60. The van der Waals surface area contributed by atoms with Crippen LogP contribution < -0.4 is 0 Å². The van der Waals surface area contributed by atoms with Crippen molar-refractivity contribution in [1.29, 1.82) is 0 Å². The van der Waals surface area contributed by atoms with Crippen molar-refractivity contribution in [3.63, 3.8) is 0 Å². The molecule has 1 heterocycles. The van der Waals surface area contributed by atoms with Crippen LogP contribution in [-0.2, 0) is 0 Å². The number of imidazole rings is 1. The Hall–Kier alpha value is -1.77. The van der Waals surface area contributed by atoms with E-state index in [1.807, 2.05) is 36.9 Å². The van der Waals surface area contributed by atoms with Gasteiger partial charge in [0.05, 0.1) is 6.20 Å². The van der Waals surface area contributed by atoms with Crippen LogP contribution in [0.5, 0.6) is 0 Å². The molecular formula is C11H9N3S+. The summed E-state index contributed by atoms with van der Waals surface area (Å²) in [5, 5.41) is 2.62. The molecule has 0 atom stereocenters. The van der Waals surface area contributed by atoms with Gasteiger partial charge in [-0.25, -0.2) is 4.98 Å². The van der Waals surface area contributed by atoms with Gasteiger partial charge in [-0.1, -0.05) is 35.3 Å². The lowest BCUT2D eigenvalue weighted by atomic mass is 10.2. The van der Waals surface area contributed by atoms with Crippen LogP contribution >= 0.6 is 12.2 Å². The van der Waals surface area contributed by atoms with Crippen molar-refractivity contribution in [3.8, 4) is 0 Å². The van der Waals surface area contributed by atoms with Gasteiger partial charge in [0.2, 0.25) is 0 Å². The number of H-pyrrole nitrogens is 1. The number of aromatic nitrogens is 2. The first-order valence-electron chi connectivity index (χ1n) is 4.46. The van der Waals surface area contributed by atoms with Crippen molar-refractivity contribution < 1.29 is 4.58 Å². The fourth-order valence-corrected chi connectivity index (χ4v) is 1.35. The number of hydrogen-bond acceptors (Lipinski definition) is 2. The maximum Gasteiger partial charge on any atom is 0.405 e. The van der Waals surface area contributed by atoms with Crippen molar-refractivity contribution in [3.05, 3.63) is 54.8 Å². The Morgan fingerprint density at radius 2 is 2.13 bits per heavy atom. The van der Waals surface area contributed by atoms with E-state index < -0.39 is 0 Å². The third kappa shape index (κ3) is 2.37. The summed E-state index contributed by atoms with van der Waals surface area (Å²) in [5.41, 5.74) is 1.05. The molecule has 2 rings (SSSR count). The summed E-state index contributed by atoms with van der Waals surface area (Å²) < 4.78 is 1.64. The Morgan fingerprint density at radius 3 is 2.73 bits per heavy atom. The molecule has 2 aromatic rings. The third-order valence-electron chi connectivity index (χ3n) is 1.89. The Kier molecular flexibility index (Phi) is 3.02. The second-order valence-electron chi connectivity index (χ2n) is 2.91. The average molecular weight is 215 g/mol. The maximum absolute atomic E-state index is 4.81. The molecule has 1 N–H and O–H groups in total. The van der Waals surface area contributed by atoms with E-state index >= 15 is 0 Å². The van der Waals surface area contributed by atoms with Gasteiger partial charge in [0.15, 0.2) is 6.54 Å². The number of isothiocyanates is 1. The summed E-state index contributed by atoms with van der Waals surface area (Å²) in [6.45, 7) is 1.87. The van der Waals surface area contributed by atoms with Crippen LogP contribution in [0.15, 0.2) is 42.7 Å². The Morgan fingerprint density at radius 1 is 1.33 bits per heavy atom. The summed E-state index contributed by atoms with van der Waals surface area (Å²) >= 11 is 4.81. The first-order valence-corrected chi connectivity index (χ1v) is 4.87. The number of aromatic amines is 1. The van der Waals surface area contributed by atoms with Gasteiger partial charge in [-0.3, -0.25) is 0 Å². The van der Waals surface area contributed by atoms with Crippen LogP contribution in [0.1, 0.15) is 5.56 Å². The quantitative estimate of drug-likeness (QED) is 0.484. The molecule has 0 bridgehead atoms. The zero-order valence-corrected chi connectivity index (χ0v) is 8.74. The van der Waals surface area contributed by atoms with Gasteiger partial charge in [0.1, 0.15) is 11.4 Å². The number of thiocarbonyl (C=S) groups is 1.